The number of nitrogens with zero attached hydrogens (tertiary/aromatic N) is 1. The van der Waals surface area contributed by atoms with E-state index in [-0.39, 0.29) is 6.10 Å². The van der Waals surface area contributed by atoms with Crippen molar-refractivity contribution >= 4 is 11.6 Å². The summed E-state index contributed by atoms with van der Waals surface area (Å²) < 4.78 is 5.90. The zero-order valence-corrected chi connectivity index (χ0v) is 12.0. The fourth-order valence-corrected chi connectivity index (χ4v) is 2.87. The molecular formula is C14H21ClN2O. The zero-order valence-electron chi connectivity index (χ0n) is 11.2. The quantitative estimate of drug-likeness (QED) is 0.910. The monoisotopic (exact) mass is 268 g/mol. The molecule has 0 spiro atoms. The Bertz CT molecular complexity index is 409. The molecule has 100 valence electrons. The van der Waals surface area contributed by atoms with Crippen LogP contribution in [0.25, 0.3) is 0 Å². The van der Waals surface area contributed by atoms with E-state index in [0.29, 0.717) is 6.04 Å². The van der Waals surface area contributed by atoms with E-state index in [0.717, 1.165) is 24.7 Å². The molecule has 1 fully saturated rings. The third kappa shape index (κ3) is 2.86. The van der Waals surface area contributed by atoms with Crippen molar-refractivity contribution in [3.63, 3.8) is 0 Å². The van der Waals surface area contributed by atoms with E-state index in [1.807, 2.05) is 19.2 Å². The second kappa shape index (κ2) is 6.02. The SMILES string of the molecule is CNCC1OCCN(C)C1c1ccc(Cl)cc1C. The van der Waals surface area contributed by atoms with Gasteiger partial charge in [0.25, 0.3) is 0 Å². The second-order valence-corrected chi connectivity index (χ2v) is 5.33. The van der Waals surface area contributed by atoms with Gasteiger partial charge in [0.2, 0.25) is 0 Å². The lowest BCUT2D eigenvalue weighted by molar-refractivity contribution is -0.0608. The summed E-state index contributed by atoms with van der Waals surface area (Å²) >= 11 is 6.03. The number of nitrogens with one attached hydrogen (secondary N) is 1. The van der Waals surface area contributed by atoms with Crippen LogP contribution in [0.1, 0.15) is 17.2 Å². The van der Waals surface area contributed by atoms with Crippen molar-refractivity contribution in [1.29, 1.82) is 0 Å². The molecule has 1 aliphatic rings. The van der Waals surface area contributed by atoms with Gasteiger partial charge in [0.15, 0.2) is 0 Å². The van der Waals surface area contributed by atoms with E-state index < -0.39 is 0 Å². The Kier molecular flexibility index (Phi) is 4.62. The number of aryl methyl sites for hydroxylation is 1. The van der Waals surface area contributed by atoms with Crippen LogP contribution in [0.3, 0.4) is 0 Å². The normalized spacial score (nSPS) is 25.3. The first-order chi connectivity index (χ1) is 8.63. The largest absolute Gasteiger partial charge is 0.374 e. The fraction of sp³-hybridized carbons (Fsp3) is 0.571. The highest BCUT2D eigenvalue weighted by molar-refractivity contribution is 6.30. The van der Waals surface area contributed by atoms with Crippen LogP contribution in [-0.4, -0.2) is 44.8 Å². The van der Waals surface area contributed by atoms with Gasteiger partial charge in [0.1, 0.15) is 0 Å². The number of rotatable bonds is 3. The summed E-state index contributed by atoms with van der Waals surface area (Å²) in [6.45, 7) is 4.73. The third-order valence-corrected chi connectivity index (χ3v) is 3.79. The minimum Gasteiger partial charge on any atom is -0.374 e. The van der Waals surface area contributed by atoms with E-state index in [4.69, 9.17) is 16.3 Å². The maximum Gasteiger partial charge on any atom is 0.0896 e. The standard InChI is InChI=1S/C14H21ClN2O/c1-10-8-11(15)4-5-12(10)14-13(9-16-2)18-7-6-17(14)3/h4-5,8,13-14,16H,6-7,9H2,1-3H3. The molecule has 18 heavy (non-hydrogen) atoms. The van der Waals surface area contributed by atoms with Crippen LogP contribution in [0.2, 0.25) is 5.02 Å². The Hall–Kier alpha value is -0.610. The molecule has 4 heteroatoms. The molecule has 0 aliphatic carbocycles. The van der Waals surface area contributed by atoms with Crippen LogP contribution in [0.4, 0.5) is 0 Å². The number of morpholine rings is 1. The van der Waals surface area contributed by atoms with Gasteiger partial charge in [0.05, 0.1) is 18.8 Å². The summed E-state index contributed by atoms with van der Waals surface area (Å²) in [7, 11) is 4.12. The molecule has 2 unspecified atom stereocenters. The topological polar surface area (TPSA) is 24.5 Å². The van der Waals surface area contributed by atoms with E-state index in [1.165, 1.54) is 11.1 Å². The van der Waals surface area contributed by atoms with Crippen molar-refractivity contribution in [3.8, 4) is 0 Å². The Balaban J connectivity index is 2.31. The van der Waals surface area contributed by atoms with Crippen LogP contribution in [0, 0.1) is 6.92 Å². The summed E-state index contributed by atoms with van der Waals surface area (Å²) in [4.78, 5) is 2.36. The second-order valence-electron chi connectivity index (χ2n) is 4.89. The molecule has 1 aromatic carbocycles. The van der Waals surface area contributed by atoms with Crippen LogP contribution < -0.4 is 5.32 Å². The van der Waals surface area contributed by atoms with Gasteiger partial charge in [-0.05, 0) is 44.3 Å². The summed E-state index contributed by atoms with van der Waals surface area (Å²) in [5.41, 5.74) is 2.54. The van der Waals surface area contributed by atoms with Gasteiger partial charge in [-0.15, -0.1) is 0 Å². The van der Waals surface area contributed by atoms with E-state index >= 15 is 0 Å². The number of ether oxygens (including phenoxy) is 1. The van der Waals surface area contributed by atoms with Crippen molar-refractivity contribution in [2.24, 2.45) is 0 Å². The molecule has 2 rings (SSSR count). The number of hydrogen-bond acceptors (Lipinski definition) is 3. The molecule has 1 aromatic rings. The smallest absolute Gasteiger partial charge is 0.0896 e. The van der Waals surface area contributed by atoms with Crippen molar-refractivity contribution in [3.05, 3.63) is 34.3 Å². The zero-order chi connectivity index (χ0) is 13.1. The van der Waals surface area contributed by atoms with E-state index in [2.05, 4.69) is 30.3 Å². The highest BCUT2D eigenvalue weighted by Gasteiger charge is 2.31. The molecule has 1 heterocycles. The lowest BCUT2D eigenvalue weighted by Crippen LogP contribution is -2.47. The summed E-state index contributed by atoms with van der Waals surface area (Å²) in [6.07, 6.45) is 0.189. The van der Waals surface area contributed by atoms with Crippen LogP contribution in [0.5, 0.6) is 0 Å². The molecule has 0 amide bonds. The number of likely N-dealkylation sites (N-methyl/N-ethyl adjacent to an activating group) is 2. The third-order valence-electron chi connectivity index (χ3n) is 3.56. The van der Waals surface area contributed by atoms with Gasteiger partial charge in [-0.3, -0.25) is 4.90 Å². The first-order valence-electron chi connectivity index (χ1n) is 6.36. The minimum absolute atomic E-state index is 0.189. The maximum atomic E-state index is 6.03. The summed E-state index contributed by atoms with van der Waals surface area (Å²) in [5, 5.41) is 4.00. The van der Waals surface area contributed by atoms with E-state index in [1.54, 1.807) is 0 Å². The first-order valence-corrected chi connectivity index (χ1v) is 6.73. The maximum absolute atomic E-state index is 6.03. The minimum atomic E-state index is 0.189. The molecule has 3 nitrogen and oxygen atoms in total. The average Bonchev–Trinajstić information content (AvgIpc) is 2.31. The van der Waals surface area contributed by atoms with Gasteiger partial charge >= 0.3 is 0 Å². The molecule has 0 aromatic heterocycles. The molecular weight excluding hydrogens is 248 g/mol. The highest BCUT2D eigenvalue weighted by atomic mass is 35.5. The van der Waals surface area contributed by atoms with Crippen LogP contribution in [0.15, 0.2) is 18.2 Å². The molecule has 0 radical (unpaired) electrons. The summed E-state index contributed by atoms with van der Waals surface area (Å²) in [5.74, 6) is 0. The van der Waals surface area contributed by atoms with Crippen molar-refractivity contribution in [2.45, 2.75) is 19.1 Å². The van der Waals surface area contributed by atoms with Crippen molar-refractivity contribution < 1.29 is 4.74 Å². The number of hydrogen-bond donors (Lipinski definition) is 1. The predicted octanol–water partition coefficient (Wildman–Crippen LogP) is 2.24. The molecule has 1 saturated heterocycles. The Morgan fingerprint density at radius 2 is 2.28 bits per heavy atom. The fourth-order valence-electron chi connectivity index (χ4n) is 2.64. The number of benzene rings is 1. The molecule has 0 bridgehead atoms. The number of halogens is 1. The molecule has 1 N–H and O–H groups in total. The average molecular weight is 269 g/mol. The first kappa shape index (κ1) is 13.8. The Morgan fingerprint density at radius 1 is 1.50 bits per heavy atom. The van der Waals surface area contributed by atoms with Gasteiger partial charge in [-0.2, -0.15) is 0 Å². The Morgan fingerprint density at radius 3 is 2.94 bits per heavy atom. The van der Waals surface area contributed by atoms with Gasteiger partial charge < -0.3 is 10.1 Å². The lowest BCUT2D eigenvalue weighted by Gasteiger charge is -2.40. The molecule has 2 atom stereocenters. The van der Waals surface area contributed by atoms with Crippen molar-refractivity contribution in [1.82, 2.24) is 10.2 Å². The van der Waals surface area contributed by atoms with Gasteiger partial charge in [-0.25, -0.2) is 0 Å². The van der Waals surface area contributed by atoms with Gasteiger partial charge in [0, 0.05) is 18.1 Å². The van der Waals surface area contributed by atoms with Crippen molar-refractivity contribution in [2.75, 3.05) is 33.8 Å². The highest BCUT2D eigenvalue weighted by Crippen LogP contribution is 2.31. The Labute approximate surface area is 114 Å². The predicted molar refractivity (Wildman–Crippen MR) is 75.2 cm³/mol. The molecule has 1 aliphatic heterocycles. The molecule has 0 saturated carbocycles. The van der Waals surface area contributed by atoms with Crippen LogP contribution >= 0.6 is 11.6 Å². The lowest BCUT2D eigenvalue weighted by atomic mass is 9.94. The van der Waals surface area contributed by atoms with Gasteiger partial charge in [-0.1, -0.05) is 17.7 Å². The van der Waals surface area contributed by atoms with E-state index in [9.17, 15) is 0 Å². The van der Waals surface area contributed by atoms with Crippen LogP contribution in [-0.2, 0) is 4.74 Å². The summed E-state index contributed by atoms with van der Waals surface area (Å²) in [6, 6.07) is 6.40.